The maximum absolute atomic E-state index is 12.7. The molecule has 188 valence electrons. The van der Waals surface area contributed by atoms with Crippen LogP contribution in [0.1, 0.15) is 25.8 Å². The number of carboxylic acids is 1. The van der Waals surface area contributed by atoms with E-state index < -0.39 is 72.4 Å². The minimum absolute atomic E-state index is 0.156. The third-order valence-electron chi connectivity index (χ3n) is 4.78. The summed E-state index contributed by atoms with van der Waals surface area (Å²) in [6, 6.07) is 2.89. The molecule has 0 aliphatic carbocycles. The number of amides is 4. The summed E-state index contributed by atoms with van der Waals surface area (Å²) in [4.78, 5) is 60.3. The number of aliphatic carboxylic acids is 1. The number of rotatable bonds is 13. The maximum atomic E-state index is 12.7. The van der Waals surface area contributed by atoms with Crippen molar-refractivity contribution < 1.29 is 39.3 Å². The summed E-state index contributed by atoms with van der Waals surface area (Å²) in [5, 5.41) is 35.1. The van der Waals surface area contributed by atoms with Gasteiger partial charge in [0.05, 0.1) is 24.7 Å². The second-order valence-electron chi connectivity index (χ2n) is 7.82. The van der Waals surface area contributed by atoms with Gasteiger partial charge in [-0.15, -0.1) is 0 Å². The summed E-state index contributed by atoms with van der Waals surface area (Å²) in [5.74, 6) is -5.45. The Bertz CT molecular complexity index is 877. The quantitative estimate of drug-likeness (QED) is 0.141. The highest BCUT2D eigenvalue weighted by Gasteiger charge is 2.34. The third-order valence-corrected chi connectivity index (χ3v) is 4.78. The average Bonchev–Trinajstić information content (AvgIpc) is 2.74. The van der Waals surface area contributed by atoms with Gasteiger partial charge >= 0.3 is 5.97 Å². The number of hydrogen-bond acceptors (Lipinski definition) is 8. The molecule has 0 aliphatic rings. The number of aliphatic hydroxyl groups excluding tert-OH is 2. The van der Waals surface area contributed by atoms with Crippen LogP contribution in [0.15, 0.2) is 30.3 Å². The van der Waals surface area contributed by atoms with Gasteiger partial charge in [0.15, 0.2) is 6.04 Å². The summed E-state index contributed by atoms with van der Waals surface area (Å²) in [7, 11) is 0. The minimum Gasteiger partial charge on any atom is -0.480 e. The fraction of sp³-hybridized carbons (Fsp3) is 0.476. The number of primary amides is 1. The first-order valence-corrected chi connectivity index (χ1v) is 10.4. The number of carbonyl (C=O) groups excluding carboxylic acids is 4. The Labute approximate surface area is 195 Å². The fourth-order valence-corrected chi connectivity index (χ4v) is 2.94. The molecular formula is C21H31N5O8. The molecule has 0 saturated carbocycles. The molecular weight excluding hydrogens is 450 g/mol. The number of nitrogens with two attached hydrogens (primary N) is 2. The van der Waals surface area contributed by atoms with Crippen LogP contribution in [-0.4, -0.2) is 81.3 Å². The van der Waals surface area contributed by atoms with Crippen molar-refractivity contribution in [1.82, 2.24) is 16.0 Å². The Morgan fingerprint density at radius 3 is 1.85 bits per heavy atom. The molecule has 0 spiro atoms. The van der Waals surface area contributed by atoms with E-state index >= 15 is 0 Å². The van der Waals surface area contributed by atoms with E-state index in [1.165, 1.54) is 6.92 Å². The van der Waals surface area contributed by atoms with E-state index in [9.17, 15) is 34.2 Å². The number of nitrogens with one attached hydrogen (secondary N) is 3. The Kier molecular flexibility index (Phi) is 11.1. The van der Waals surface area contributed by atoms with Crippen molar-refractivity contribution in [2.75, 3.05) is 0 Å². The van der Waals surface area contributed by atoms with Crippen molar-refractivity contribution in [2.45, 2.75) is 63.1 Å². The summed E-state index contributed by atoms with van der Waals surface area (Å²) in [6.45, 7) is 2.34. The molecule has 0 heterocycles. The van der Waals surface area contributed by atoms with Gasteiger partial charge in [-0.05, 0) is 25.8 Å². The molecule has 0 unspecified atom stereocenters. The first-order valence-electron chi connectivity index (χ1n) is 10.4. The highest BCUT2D eigenvalue weighted by Crippen LogP contribution is 2.04. The smallest absolute Gasteiger partial charge is 0.328 e. The van der Waals surface area contributed by atoms with Crippen LogP contribution < -0.4 is 27.4 Å². The number of carboxylic acid groups (broad SMARTS) is 1. The van der Waals surface area contributed by atoms with Crippen molar-refractivity contribution in [3.8, 4) is 0 Å². The first-order chi connectivity index (χ1) is 15.8. The van der Waals surface area contributed by atoms with Gasteiger partial charge in [0.2, 0.25) is 23.6 Å². The van der Waals surface area contributed by atoms with Crippen molar-refractivity contribution in [1.29, 1.82) is 0 Å². The molecule has 6 atom stereocenters. The largest absolute Gasteiger partial charge is 0.480 e. The summed E-state index contributed by atoms with van der Waals surface area (Å²) < 4.78 is 0. The third kappa shape index (κ3) is 9.13. The molecule has 0 aromatic heterocycles. The molecule has 1 aromatic carbocycles. The normalized spacial score (nSPS) is 16.1. The minimum atomic E-state index is -1.72. The second kappa shape index (κ2) is 13.2. The number of aliphatic hydroxyl groups is 2. The van der Waals surface area contributed by atoms with E-state index in [1.807, 2.05) is 5.32 Å². The summed E-state index contributed by atoms with van der Waals surface area (Å²) in [5.41, 5.74) is 11.8. The molecule has 13 nitrogen and oxygen atoms in total. The Morgan fingerprint density at radius 1 is 0.853 bits per heavy atom. The topological polar surface area (TPSA) is 234 Å². The van der Waals surface area contributed by atoms with Crippen molar-refractivity contribution in [3.63, 3.8) is 0 Å². The van der Waals surface area contributed by atoms with E-state index in [-0.39, 0.29) is 6.42 Å². The summed E-state index contributed by atoms with van der Waals surface area (Å²) >= 11 is 0. The highest BCUT2D eigenvalue weighted by molar-refractivity contribution is 5.96. The molecule has 4 amide bonds. The highest BCUT2D eigenvalue weighted by atomic mass is 16.4. The number of benzene rings is 1. The van der Waals surface area contributed by atoms with E-state index in [2.05, 4.69) is 10.6 Å². The molecule has 0 bridgehead atoms. The van der Waals surface area contributed by atoms with Crippen LogP contribution in [0.2, 0.25) is 0 Å². The molecule has 0 saturated heterocycles. The molecule has 10 N–H and O–H groups in total. The van der Waals surface area contributed by atoms with Crippen LogP contribution >= 0.6 is 0 Å². The van der Waals surface area contributed by atoms with Gasteiger partial charge in [0, 0.05) is 0 Å². The molecule has 0 radical (unpaired) electrons. The summed E-state index contributed by atoms with van der Waals surface area (Å²) in [6.07, 6.45) is -3.46. The van der Waals surface area contributed by atoms with Gasteiger partial charge in [-0.25, -0.2) is 4.79 Å². The second-order valence-corrected chi connectivity index (χ2v) is 7.82. The van der Waals surface area contributed by atoms with Gasteiger partial charge in [0.1, 0.15) is 12.1 Å². The fourth-order valence-electron chi connectivity index (χ4n) is 2.94. The van der Waals surface area contributed by atoms with Gasteiger partial charge in [-0.2, -0.15) is 0 Å². The van der Waals surface area contributed by atoms with Crippen LogP contribution in [-0.2, 0) is 30.4 Å². The molecule has 1 rings (SSSR count). The number of carbonyl (C=O) groups is 5. The van der Waals surface area contributed by atoms with Crippen LogP contribution in [0.25, 0.3) is 0 Å². The predicted octanol–water partition coefficient (Wildman–Crippen LogP) is -3.27. The van der Waals surface area contributed by atoms with Crippen LogP contribution in [0.3, 0.4) is 0 Å². The lowest BCUT2D eigenvalue weighted by atomic mass is 10.0. The molecule has 0 fully saturated rings. The zero-order chi connectivity index (χ0) is 26.0. The van der Waals surface area contributed by atoms with Crippen LogP contribution in [0.4, 0.5) is 0 Å². The Hall–Kier alpha value is -3.55. The van der Waals surface area contributed by atoms with Crippen LogP contribution in [0.5, 0.6) is 0 Å². The lowest BCUT2D eigenvalue weighted by Crippen LogP contribution is -2.61. The van der Waals surface area contributed by atoms with Gasteiger partial charge in [-0.1, -0.05) is 30.3 Å². The van der Waals surface area contributed by atoms with Crippen molar-refractivity contribution in [3.05, 3.63) is 35.9 Å². The zero-order valence-electron chi connectivity index (χ0n) is 18.8. The van der Waals surface area contributed by atoms with Gasteiger partial charge in [0.25, 0.3) is 0 Å². The van der Waals surface area contributed by atoms with E-state index in [4.69, 9.17) is 16.6 Å². The van der Waals surface area contributed by atoms with E-state index in [0.29, 0.717) is 0 Å². The maximum Gasteiger partial charge on any atom is 0.328 e. The molecule has 1 aromatic rings. The Morgan fingerprint density at radius 2 is 1.38 bits per heavy atom. The van der Waals surface area contributed by atoms with Gasteiger partial charge in [-0.3, -0.25) is 19.2 Å². The molecule has 34 heavy (non-hydrogen) atoms. The van der Waals surface area contributed by atoms with Crippen molar-refractivity contribution in [2.24, 2.45) is 11.5 Å². The van der Waals surface area contributed by atoms with E-state index in [0.717, 1.165) is 12.5 Å². The van der Waals surface area contributed by atoms with Crippen LogP contribution in [0, 0.1) is 0 Å². The monoisotopic (exact) mass is 481 g/mol. The standard InChI is InChI=1S/C21H31N5O8/c1-10(27)16(25-18(30)13(22)8-12-6-4-3-5-7-12)20(32)24-14(9-15(23)29)19(31)26-17(11(2)28)21(33)34/h3-7,10-11,13-14,16-17,27-28H,8-9,22H2,1-2H3,(H2,23,29)(H,24,32)(H,25,30)(H,26,31)(H,33,34)/t10-,11-,13+,14+,16+,17+/m1/s1. The first kappa shape index (κ1) is 28.5. The number of hydrogen-bond donors (Lipinski definition) is 8. The SMILES string of the molecule is C[C@@H](O)[C@H](NC(=O)[C@H](CC(N)=O)NC(=O)[C@@H](NC(=O)[C@@H](N)Cc1ccccc1)[C@@H](C)O)C(=O)O. The lowest BCUT2D eigenvalue weighted by molar-refractivity contribution is -0.145. The molecule has 0 aliphatic heterocycles. The van der Waals surface area contributed by atoms with E-state index in [1.54, 1.807) is 30.3 Å². The van der Waals surface area contributed by atoms with Gasteiger partial charge < -0.3 is 42.7 Å². The van der Waals surface area contributed by atoms with Crippen molar-refractivity contribution >= 4 is 29.6 Å². The average molecular weight is 482 g/mol. The molecule has 13 heteroatoms. The lowest BCUT2D eigenvalue weighted by Gasteiger charge is -2.26. The Balaban J connectivity index is 2.93. The zero-order valence-corrected chi connectivity index (χ0v) is 18.8. The predicted molar refractivity (Wildman–Crippen MR) is 119 cm³/mol.